The number of benzene rings is 2. The number of aromatic nitrogens is 5. The molecule has 0 aliphatic carbocycles. The molecular weight excluding hydrogens is 392 g/mol. The number of nitrogens with zero attached hydrogens (tertiary/aromatic N) is 5. The van der Waals surface area contributed by atoms with E-state index in [4.69, 9.17) is 17.3 Å². The molecule has 6 nitrogen and oxygen atoms in total. The number of halogens is 1. The van der Waals surface area contributed by atoms with Crippen molar-refractivity contribution in [2.75, 3.05) is 5.73 Å². The Hall–Kier alpha value is -3.29. The predicted molar refractivity (Wildman–Crippen MR) is 112 cm³/mol. The number of nitrogens with two attached hydrogens (primary N) is 1. The average Bonchev–Trinajstić information content (AvgIpc) is 3.37. The van der Waals surface area contributed by atoms with Crippen LogP contribution in [0.4, 0.5) is 5.82 Å². The van der Waals surface area contributed by atoms with Crippen molar-refractivity contribution in [3.05, 3.63) is 71.2 Å². The highest BCUT2D eigenvalue weighted by atomic mass is 35.5. The fourth-order valence-corrected chi connectivity index (χ4v) is 3.92. The third-order valence-electron chi connectivity index (χ3n) is 4.39. The molecule has 28 heavy (non-hydrogen) atoms. The monoisotopic (exact) mass is 404 g/mol. The van der Waals surface area contributed by atoms with Crippen LogP contribution >= 0.6 is 22.9 Å². The summed E-state index contributed by atoms with van der Waals surface area (Å²) in [5.74, 6) is 0.407. The van der Waals surface area contributed by atoms with E-state index < -0.39 is 0 Å². The maximum absolute atomic E-state index is 6.36. The van der Waals surface area contributed by atoms with Gasteiger partial charge in [0.15, 0.2) is 17.2 Å². The summed E-state index contributed by atoms with van der Waals surface area (Å²) in [5.41, 5.74) is 11.2. The maximum atomic E-state index is 6.36. The Morgan fingerprint density at radius 3 is 2.50 bits per heavy atom. The number of hydrogen-bond donors (Lipinski definition) is 1. The van der Waals surface area contributed by atoms with Gasteiger partial charge in [-0.3, -0.25) is 0 Å². The molecule has 0 saturated carbocycles. The van der Waals surface area contributed by atoms with Crippen LogP contribution in [-0.4, -0.2) is 24.8 Å². The normalized spacial score (nSPS) is 11.2. The second-order valence-corrected chi connectivity index (χ2v) is 7.43. The summed E-state index contributed by atoms with van der Waals surface area (Å²) in [5, 5.41) is 16.5. The number of nitrogen functional groups attached to an aromatic ring is 1. The molecule has 0 amide bonds. The summed E-state index contributed by atoms with van der Waals surface area (Å²) in [6, 6.07) is 17.4. The van der Waals surface area contributed by atoms with Crippen LogP contribution in [0.1, 0.15) is 0 Å². The van der Waals surface area contributed by atoms with Crippen molar-refractivity contribution in [3.63, 3.8) is 0 Å². The SMILES string of the molecule is Nc1c(-c2nc(-c3ccc(Cl)cc3)cs2)nnc2c(-c3ccccc3)cnn12. The van der Waals surface area contributed by atoms with E-state index in [-0.39, 0.29) is 0 Å². The quantitative estimate of drug-likeness (QED) is 0.466. The molecule has 2 N–H and O–H groups in total. The van der Waals surface area contributed by atoms with Crippen LogP contribution in [0.25, 0.3) is 38.7 Å². The van der Waals surface area contributed by atoms with Crippen molar-refractivity contribution in [2.45, 2.75) is 0 Å². The first kappa shape index (κ1) is 16.9. The van der Waals surface area contributed by atoms with Gasteiger partial charge >= 0.3 is 0 Å². The Morgan fingerprint density at radius 1 is 0.929 bits per heavy atom. The first-order valence-electron chi connectivity index (χ1n) is 8.48. The van der Waals surface area contributed by atoms with Gasteiger partial charge in [0.05, 0.1) is 11.9 Å². The van der Waals surface area contributed by atoms with Gasteiger partial charge < -0.3 is 5.73 Å². The van der Waals surface area contributed by atoms with Crippen LogP contribution in [0, 0.1) is 0 Å². The molecule has 8 heteroatoms. The Morgan fingerprint density at radius 2 is 1.71 bits per heavy atom. The molecule has 136 valence electrons. The largest absolute Gasteiger partial charge is 0.382 e. The van der Waals surface area contributed by atoms with E-state index in [2.05, 4.69) is 20.3 Å². The van der Waals surface area contributed by atoms with Crippen LogP contribution in [0.2, 0.25) is 5.02 Å². The molecule has 0 radical (unpaired) electrons. The summed E-state index contributed by atoms with van der Waals surface area (Å²) < 4.78 is 1.61. The fourth-order valence-electron chi connectivity index (χ4n) is 2.97. The molecule has 5 rings (SSSR count). The van der Waals surface area contributed by atoms with Crippen molar-refractivity contribution in [2.24, 2.45) is 0 Å². The first-order chi connectivity index (χ1) is 13.7. The summed E-state index contributed by atoms with van der Waals surface area (Å²) in [7, 11) is 0. The predicted octanol–water partition coefficient (Wildman–Crippen LogP) is 4.82. The summed E-state index contributed by atoms with van der Waals surface area (Å²) in [6.45, 7) is 0. The Balaban J connectivity index is 1.57. The first-order valence-corrected chi connectivity index (χ1v) is 9.73. The minimum atomic E-state index is 0.407. The van der Waals surface area contributed by atoms with E-state index in [1.54, 1.807) is 10.7 Å². The third kappa shape index (κ3) is 2.81. The summed E-state index contributed by atoms with van der Waals surface area (Å²) in [6.07, 6.45) is 1.75. The molecule has 0 aliphatic heterocycles. The van der Waals surface area contributed by atoms with Gasteiger partial charge in [-0.1, -0.05) is 54.1 Å². The van der Waals surface area contributed by atoms with E-state index in [1.165, 1.54) is 11.3 Å². The topological polar surface area (TPSA) is 82.0 Å². The Bertz CT molecular complexity index is 1280. The Labute approximate surface area is 169 Å². The van der Waals surface area contributed by atoms with Crippen molar-refractivity contribution in [1.82, 2.24) is 24.8 Å². The number of anilines is 1. The zero-order chi connectivity index (χ0) is 19.1. The van der Waals surface area contributed by atoms with Gasteiger partial charge in [-0.2, -0.15) is 9.61 Å². The van der Waals surface area contributed by atoms with Crippen LogP contribution in [0.3, 0.4) is 0 Å². The second-order valence-electron chi connectivity index (χ2n) is 6.14. The minimum absolute atomic E-state index is 0.407. The molecule has 0 atom stereocenters. The van der Waals surface area contributed by atoms with E-state index in [0.717, 1.165) is 22.4 Å². The molecular formula is C20H13ClN6S. The fraction of sp³-hybridized carbons (Fsp3) is 0. The molecule has 2 aromatic carbocycles. The zero-order valence-electron chi connectivity index (χ0n) is 14.5. The van der Waals surface area contributed by atoms with Crippen molar-refractivity contribution in [3.8, 4) is 33.1 Å². The van der Waals surface area contributed by atoms with E-state index in [0.29, 0.717) is 27.2 Å². The summed E-state index contributed by atoms with van der Waals surface area (Å²) >= 11 is 7.42. The zero-order valence-corrected chi connectivity index (χ0v) is 16.0. The van der Waals surface area contributed by atoms with Crippen molar-refractivity contribution in [1.29, 1.82) is 0 Å². The third-order valence-corrected chi connectivity index (χ3v) is 5.49. The Kier molecular flexibility index (Phi) is 4.03. The molecule has 0 bridgehead atoms. The van der Waals surface area contributed by atoms with Gasteiger partial charge in [-0.05, 0) is 17.7 Å². The van der Waals surface area contributed by atoms with Crippen LogP contribution < -0.4 is 5.73 Å². The highest BCUT2D eigenvalue weighted by Gasteiger charge is 2.17. The maximum Gasteiger partial charge on any atom is 0.187 e. The smallest absolute Gasteiger partial charge is 0.187 e. The van der Waals surface area contributed by atoms with Crippen molar-refractivity contribution < 1.29 is 0 Å². The van der Waals surface area contributed by atoms with Gasteiger partial charge in [0.2, 0.25) is 0 Å². The molecule has 3 heterocycles. The van der Waals surface area contributed by atoms with Crippen molar-refractivity contribution >= 4 is 34.4 Å². The van der Waals surface area contributed by atoms with Gasteiger partial charge in [0.25, 0.3) is 0 Å². The van der Waals surface area contributed by atoms with E-state index >= 15 is 0 Å². The summed E-state index contributed by atoms with van der Waals surface area (Å²) in [4.78, 5) is 4.66. The second kappa shape index (κ2) is 6.70. The molecule has 0 saturated heterocycles. The minimum Gasteiger partial charge on any atom is -0.382 e. The van der Waals surface area contributed by atoms with Crippen LogP contribution in [-0.2, 0) is 0 Å². The standard InChI is InChI=1S/C20H13ClN6S/c21-14-8-6-13(7-9-14)16-11-28-20(24-16)17-18(22)27-19(26-25-17)15(10-23-27)12-4-2-1-3-5-12/h1-11H,22H2. The number of hydrogen-bond acceptors (Lipinski definition) is 6. The highest BCUT2D eigenvalue weighted by Crippen LogP contribution is 2.32. The number of rotatable bonds is 3. The van der Waals surface area contributed by atoms with Crippen LogP contribution in [0.15, 0.2) is 66.2 Å². The lowest BCUT2D eigenvalue weighted by molar-refractivity contribution is 0.906. The van der Waals surface area contributed by atoms with Gasteiger partial charge in [-0.25, -0.2) is 4.98 Å². The molecule has 3 aromatic heterocycles. The number of fused-ring (bicyclic) bond motifs is 1. The van der Waals surface area contributed by atoms with Crippen LogP contribution in [0.5, 0.6) is 0 Å². The van der Waals surface area contributed by atoms with Gasteiger partial charge in [0, 0.05) is 21.5 Å². The highest BCUT2D eigenvalue weighted by molar-refractivity contribution is 7.13. The van der Waals surface area contributed by atoms with Gasteiger partial charge in [0.1, 0.15) is 5.01 Å². The van der Waals surface area contributed by atoms with E-state index in [9.17, 15) is 0 Å². The van der Waals surface area contributed by atoms with Gasteiger partial charge in [-0.15, -0.1) is 21.5 Å². The molecule has 0 unspecified atom stereocenters. The lowest BCUT2D eigenvalue weighted by Gasteiger charge is -2.04. The molecule has 0 fully saturated rings. The molecule has 0 aliphatic rings. The number of thiazole rings is 1. The lowest BCUT2D eigenvalue weighted by atomic mass is 10.1. The lowest BCUT2D eigenvalue weighted by Crippen LogP contribution is -2.05. The molecule has 5 aromatic rings. The van der Waals surface area contributed by atoms with E-state index in [1.807, 2.05) is 60.0 Å². The average molecular weight is 405 g/mol. The molecule has 0 spiro atoms.